The van der Waals surface area contributed by atoms with E-state index in [4.69, 9.17) is 0 Å². The van der Waals surface area contributed by atoms with Crippen LogP contribution in [-0.4, -0.2) is 18.2 Å². The number of rotatable bonds is 4. The number of benzene rings is 2. The van der Waals surface area contributed by atoms with Crippen LogP contribution in [0.25, 0.3) is 0 Å². The van der Waals surface area contributed by atoms with Crippen molar-refractivity contribution in [3.05, 3.63) is 95.9 Å². The van der Waals surface area contributed by atoms with E-state index in [9.17, 15) is 17.5 Å². The summed E-state index contributed by atoms with van der Waals surface area (Å²) in [5.41, 5.74) is 1.13. The normalized spacial score (nSPS) is 19.4. The summed E-state index contributed by atoms with van der Waals surface area (Å²) in [6.07, 6.45) is 4.69. The van der Waals surface area contributed by atoms with Gasteiger partial charge in [0.05, 0.1) is 0 Å². The zero-order valence-electron chi connectivity index (χ0n) is 14.2. The standard InChI is InChI=1S/C20H19O4PS/c1-16-12-13-20(26(22,23)24)17(14-16)15-25(21,18-8-4-2-5-9-18)19-10-6-3-7-11-19/h2-15,20H,1H3,(H,22,23,24). The van der Waals surface area contributed by atoms with Crippen molar-refractivity contribution < 1.29 is 17.5 Å². The van der Waals surface area contributed by atoms with E-state index in [1.165, 1.54) is 11.9 Å². The molecule has 0 aromatic heterocycles. The first kappa shape index (κ1) is 18.6. The van der Waals surface area contributed by atoms with E-state index in [1.54, 1.807) is 60.7 Å². The molecule has 0 aliphatic heterocycles. The Kier molecular flexibility index (Phi) is 5.15. The highest BCUT2D eigenvalue weighted by atomic mass is 32.2. The molecule has 0 amide bonds. The lowest BCUT2D eigenvalue weighted by Gasteiger charge is -2.21. The fraction of sp³-hybridized carbons (Fsp3) is 0.100. The summed E-state index contributed by atoms with van der Waals surface area (Å²) in [5, 5.41) is -0.0197. The van der Waals surface area contributed by atoms with E-state index >= 15 is 0 Å². The van der Waals surface area contributed by atoms with Crippen molar-refractivity contribution in [2.45, 2.75) is 12.2 Å². The Morgan fingerprint density at radius 2 is 1.46 bits per heavy atom. The van der Waals surface area contributed by atoms with Gasteiger partial charge in [-0.15, -0.1) is 0 Å². The molecule has 3 rings (SSSR count). The third-order valence-corrected chi connectivity index (χ3v) is 8.05. The predicted molar refractivity (Wildman–Crippen MR) is 106 cm³/mol. The SMILES string of the molecule is CC1=CC(=CP(=O)(c2ccccc2)c2ccccc2)C(S(=O)(=O)O)C=C1. The van der Waals surface area contributed by atoms with Gasteiger partial charge in [0, 0.05) is 10.6 Å². The van der Waals surface area contributed by atoms with Gasteiger partial charge in [-0.1, -0.05) is 84.5 Å². The minimum atomic E-state index is -4.36. The van der Waals surface area contributed by atoms with Crippen molar-refractivity contribution in [1.82, 2.24) is 0 Å². The molecule has 26 heavy (non-hydrogen) atoms. The zero-order valence-corrected chi connectivity index (χ0v) is 15.9. The van der Waals surface area contributed by atoms with Crippen LogP contribution in [-0.2, 0) is 14.7 Å². The predicted octanol–water partition coefficient (Wildman–Crippen LogP) is 3.66. The molecule has 2 aromatic carbocycles. The summed E-state index contributed by atoms with van der Waals surface area (Å²) < 4.78 is 47.3. The molecule has 1 aliphatic carbocycles. The molecular weight excluding hydrogens is 367 g/mol. The van der Waals surface area contributed by atoms with Gasteiger partial charge in [-0.05, 0) is 18.3 Å². The van der Waals surface area contributed by atoms with Crippen LogP contribution in [0.15, 0.2) is 95.9 Å². The molecule has 0 bridgehead atoms. The highest BCUT2D eigenvalue weighted by molar-refractivity contribution is 7.87. The van der Waals surface area contributed by atoms with Crippen molar-refractivity contribution in [2.75, 3.05) is 0 Å². The van der Waals surface area contributed by atoms with Crippen molar-refractivity contribution in [3.8, 4) is 0 Å². The van der Waals surface area contributed by atoms with Gasteiger partial charge in [0.15, 0.2) is 7.14 Å². The molecule has 0 saturated carbocycles. The fourth-order valence-corrected chi connectivity index (χ4v) is 6.27. The number of hydrogen-bond donors (Lipinski definition) is 1. The Morgan fingerprint density at radius 1 is 0.962 bits per heavy atom. The minimum absolute atomic E-state index is 0.309. The van der Waals surface area contributed by atoms with Gasteiger partial charge in [0.25, 0.3) is 10.1 Å². The highest BCUT2D eigenvalue weighted by Gasteiger charge is 2.31. The number of hydrogen-bond acceptors (Lipinski definition) is 3. The van der Waals surface area contributed by atoms with E-state index < -0.39 is 22.5 Å². The maximum absolute atomic E-state index is 14.1. The molecule has 1 atom stereocenters. The van der Waals surface area contributed by atoms with Crippen LogP contribution >= 0.6 is 7.14 Å². The van der Waals surface area contributed by atoms with E-state index in [-0.39, 0.29) is 0 Å². The fourth-order valence-electron chi connectivity index (χ4n) is 2.93. The molecule has 0 heterocycles. The van der Waals surface area contributed by atoms with Crippen LogP contribution in [0.2, 0.25) is 0 Å². The van der Waals surface area contributed by atoms with Crippen LogP contribution in [0.3, 0.4) is 0 Å². The molecule has 1 unspecified atom stereocenters. The summed E-state index contributed by atoms with van der Waals surface area (Å²) in [6, 6.07) is 17.9. The molecule has 2 aromatic rings. The third kappa shape index (κ3) is 3.80. The largest absolute Gasteiger partial charge is 0.309 e. The van der Waals surface area contributed by atoms with Crippen LogP contribution in [0.1, 0.15) is 6.92 Å². The summed E-state index contributed by atoms with van der Waals surface area (Å²) in [6.45, 7) is 1.82. The van der Waals surface area contributed by atoms with Gasteiger partial charge in [-0.25, -0.2) is 0 Å². The molecule has 0 radical (unpaired) electrons. The van der Waals surface area contributed by atoms with Crippen LogP contribution < -0.4 is 10.6 Å². The van der Waals surface area contributed by atoms with Gasteiger partial charge in [0.2, 0.25) is 0 Å². The lowest BCUT2D eigenvalue weighted by atomic mass is 10.0. The first-order valence-corrected chi connectivity index (χ1v) is 11.4. The quantitative estimate of drug-likeness (QED) is 0.643. The van der Waals surface area contributed by atoms with Crippen LogP contribution in [0.5, 0.6) is 0 Å². The summed E-state index contributed by atoms with van der Waals surface area (Å²) in [4.78, 5) is 0. The second-order valence-electron chi connectivity index (χ2n) is 6.14. The first-order chi connectivity index (χ1) is 12.3. The number of allylic oxidation sites excluding steroid dienone is 3. The topological polar surface area (TPSA) is 71.4 Å². The van der Waals surface area contributed by atoms with Crippen molar-refractivity contribution >= 4 is 27.9 Å². The molecule has 134 valence electrons. The Labute approximate surface area is 153 Å². The lowest BCUT2D eigenvalue weighted by molar-refractivity contribution is 0.479. The van der Waals surface area contributed by atoms with E-state index in [0.29, 0.717) is 16.2 Å². The van der Waals surface area contributed by atoms with Crippen LogP contribution in [0, 0.1) is 0 Å². The van der Waals surface area contributed by atoms with Gasteiger partial charge >= 0.3 is 0 Å². The molecular formula is C20H19O4PS. The second kappa shape index (κ2) is 7.20. The highest BCUT2D eigenvalue weighted by Crippen LogP contribution is 2.47. The average Bonchev–Trinajstić information content (AvgIpc) is 2.62. The Morgan fingerprint density at radius 3 is 1.92 bits per heavy atom. The molecule has 0 spiro atoms. The van der Waals surface area contributed by atoms with Gasteiger partial charge in [0.1, 0.15) is 5.25 Å². The Hall–Kier alpha value is -2.20. The first-order valence-electron chi connectivity index (χ1n) is 8.07. The molecule has 4 nitrogen and oxygen atoms in total. The maximum atomic E-state index is 14.1. The van der Waals surface area contributed by atoms with E-state index in [2.05, 4.69) is 0 Å². The van der Waals surface area contributed by atoms with Crippen molar-refractivity contribution in [2.24, 2.45) is 0 Å². The summed E-state index contributed by atoms with van der Waals surface area (Å²) >= 11 is 0. The van der Waals surface area contributed by atoms with Gasteiger partial charge < -0.3 is 4.57 Å². The minimum Gasteiger partial charge on any atom is -0.309 e. The molecule has 0 saturated heterocycles. The summed E-state index contributed by atoms with van der Waals surface area (Å²) in [7, 11) is -7.60. The lowest BCUT2D eigenvalue weighted by Crippen LogP contribution is -2.23. The molecule has 6 heteroatoms. The van der Waals surface area contributed by atoms with Gasteiger partial charge in [-0.2, -0.15) is 8.42 Å². The Balaban J connectivity index is 2.25. The monoisotopic (exact) mass is 386 g/mol. The Bertz CT molecular complexity index is 992. The molecule has 1 aliphatic rings. The van der Waals surface area contributed by atoms with E-state index in [0.717, 1.165) is 5.57 Å². The van der Waals surface area contributed by atoms with Crippen molar-refractivity contribution in [1.29, 1.82) is 0 Å². The zero-order chi connectivity index (χ0) is 18.8. The third-order valence-electron chi connectivity index (χ3n) is 4.19. The molecule has 0 fully saturated rings. The molecule has 1 N–H and O–H groups in total. The van der Waals surface area contributed by atoms with Crippen LogP contribution in [0.4, 0.5) is 0 Å². The average molecular weight is 386 g/mol. The smallest absolute Gasteiger partial charge is 0.275 e. The van der Waals surface area contributed by atoms with Crippen molar-refractivity contribution in [3.63, 3.8) is 0 Å². The second-order valence-corrected chi connectivity index (χ2v) is 10.3. The van der Waals surface area contributed by atoms with Gasteiger partial charge in [-0.3, -0.25) is 4.55 Å². The maximum Gasteiger partial charge on any atom is 0.275 e. The summed E-state index contributed by atoms with van der Waals surface area (Å²) in [5.74, 6) is 1.50. The van der Waals surface area contributed by atoms with E-state index in [1.807, 2.05) is 19.1 Å².